The fourth-order valence-electron chi connectivity index (χ4n) is 6.30. The molecule has 0 amide bonds. The van der Waals surface area contributed by atoms with Crippen LogP contribution in [0.3, 0.4) is 0 Å². The molecule has 2 atom stereocenters. The maximum absolute atomic E-state index is 13.8. The molecule has 1 aliphatic carbocycles. The molecule has 0 saturated heterocycles. The van der Waals surface area contributed by atoms with Crippen molar-refractivity contribution in [1.29, 1.82) is 0 Å². The largest absolute Gasteiger partial charge is 0.497 e. The van der Waals surface area contributed by atoms with Crippen LogP contribution >= 0.6 is 0 Å². The number of aliphatic carboxylic acids is 2. The molecule has 38 heavy (non-hydrogen) atoms. The summed E-state index contributed by atoms with van der Waals surface area (Å²) in [5.41, 5.74) is 3.10. The van der Waals surface area contributed by atoms with E-state index in [1.807, 2.05) is 12.1 Å². The average Bonchev–Trinajstić information content (AvgIpc) is 2.90. The lowest BCUT2D eigenvalue weighted by Gasteiger charge is -2.48. The van der Waals surface area contributed by atoms with Gasteiger partial charge in [-0.2, -0.15) is 0 Å². The summed E-state index contributed by atoms with van der Waals surface area (Å²) in [6, 6.07) is 8.83. The zero-order valence-corrected chi connectivity index (χ0v) is 21.1. The number of ketones is 2. The lowest BCUT2D eigenvalue weighted by atomic mass is 9.52. The van der Waals surface area contributed by atoms with Crippen LogP contribution in [0.2, 0.25) is 0 Å². The molecule has 2 aromatic rings. The van der Waals surface area contributed by atoms with Gasteiger partial charge in [-0.05, 0) is 59.4 Å². The molecule has 1 fully saturated rings. The van der Waals surface area contributed by atoms with Crippen molar-refractivity contribution in [2.75, 3.05) is 27.3 Å². The van der Waals surface area contributed by atoms with Crippen molar-refractivity contribution in [3.8, 4) is 11.5 Å². The van der Waals surface area contributed by atoms with Gasteiger partial charge in [0.2, 0.25) is 0 Å². The monoisotopic (exact) mass is 522 g/mol. The maximum Gasteiger partial charge on any atom is 0.308 e. The average molecular weight is 523 g/mol. The molecule has 0 bridgehead atoms. The van der Waals surface area contributed by atoms with E-state index in [1.54, 1.807) is 38.5 Å². The molecule has 0 aromatic heterocycles. The number of carbonyl (C=O) groups is 4. The summed E-state index contributed by atoms with van der Waals surface area (Å²) < 4.78 is 10.6. The van der Waals surface area contributed by atoms with Gasteiger partial charge in [-0.15, -0.1) is 0 Å². The molecule has 2 aliphatic heterocycles. The number of fused-ring (bicyclic) bond motifs is 2. The summed E-state index contributed by atoms with van der Waals surface area (Å²) >= 11 is 0. The molecular formula is C28H30N2O8. The maximum atomic E-state index is 13.8. The van der Waals surface area contributed by atoms with Gasteiger partial charge in [0, 0.05) is 24.9 Å². The van der Waals surface area contributed by atoms with E-state index in [0.29, 0.717) is 48.6 Å². The molecule has 2 unspecified atom stereocenters. The third kappa shape index (κ3) is 4.23. The summed E-state index contributed by atoms with van der Waals surface area (Å²) in [4.78, 5) is 52.4. The predicted octanol–water partition coefficient (Wildman–Crippen LogP) is 1.56. The Balaban J connectivity index is 1.47. The second-order valence-corrected chi connectivity index (χ2v) is 9.99. The number of benzene rings is 2. The van der Waals surface area contributed by atoms with Crippen molar-refractivity contribution in [3.63, 3.8) is 0 Å². The number of hydrogen-bond acceptors (Lipinski definition) is 8. The molecule has 2 aromatic carbocycles. The fraction of sp³-hybridized carbons (Fsp3) is 0.429. The smallest absolute Gasteiger partial charge is 0.308 e. The standard InChI is InChI=1S/C28H30N2O8/c1-37-15-3-5-17-13(11-15)7-9-29-23(17)25(31)19-21(27(33)34)20(22(19)28(35)36)26(32)24-18-6-4-16(38-2)12-14(18)8-10-30-24/h3-6,11-12,19-24,29-30H,7-10H2,1-2H3,(H,33,34)(H,35,36)/t19-,20-,21-,22-,23?,24?. The minimum absolute atomic E-state index is 0.466. The summed E-state index contributed by atoms with van der Waals surface area (Å²) in [6.45, 7) is 0.931. The summed E-state index contributed by atoms with van der Waals surface area (Å²) in [7, 11) is 3.09. The Hall–Kier alpha value is -3.76. The van der Waals surface area contributed by atoms with E-state index in [4.69, 9.17) is 9.47 Å². The van der Waals surface area contributed by atoms with Crippen LogP contribution in [-0.2, 0) is 32.0 Å². The first-order chi connectivity index (χ1) is 18.3. The van der Waals surface area contributed by atoms with Gasteiger partial charge in [0.1, 0.15) is 11.5 Å². The van der Waals surface area contributed by atoms with Gasteiger partial charge >= 0.3 is 11.9 Å². The summed E-state index contributed by atoms with van der Waals surface area (Å²) in [5, 5.41) is 26.5. The van der Waals surface area contributed by atoms with E-state index in [-0.39, 0.29) is 0 Å². The molecule has 0 spiro atoms. The van der Waals surface area contributed by atoms with Gasteiger partial charge in [-0.25, -0.2) is 0 Å². The second kappa shape index (κ2) is 10.2. The Kier molecular flexibility index (Phi) is 6.93. The third-order valence-corrected chi connectivity index (χ3v) is 8.15. The van der Waals surface area contributed by atoms with E-state index >= 15 is 0 Å². The van der Waals surface area contributed by atoms with Crippen LogP contribution in [0.25, 0.3) is 0 Å². The first-order valence-corrected chi connectivity index (χ1v) is 12.6. The zero-order valence-electron chi connectivity index (χ0n) is 21.1. The topological polar surface area (TPSA) is 151 Å². The number of nitrogens with one attached hydrogen (secondary N) is 2. The highest BCUT2D eigenvalue weighted by atomic mass is 16.5. The quantitative estimate of drug-likeness (QED) is 0.402. The highest BCUT2D eigenvalue weighted by molar-refractivity contribution is 6.04. The molecule has 200 valence electrons. The Morgan fingerprint density at radius 2 is 1.08 bits per heavy atom. The van der Waals surface area contributed by atoms with Crippen LogP contribution < -0.4 is 20.1 Å². The Morgan fingerprint density at radius 1 is 0.684 bits per heavy atom. The number of rotatable bonds is 8. The summed E-state index contributed by atoms with van der Waals surface area (Å²) in [5.74, 6) is -8.05. The van der Waals surface area contributed by atoms with Crippen LogP contribution in [-0.4, -0.2) is 61.0 Å². The number of Topliss-reactive ketones (excluding diaryl/α,β-unsaturated/α-hetero) is 2. The number of methoxy groups -OCH3 is 2. The van der Waals surface area contributed by atoms with Crippen LogP contribution in [0.15, 0.2) is 36.4 Å². The molecule has 1 saturated carbocycles. The molecule has 2 heterocycles. The predicted molar refractivity (Wildman–Crippen MR) is 134 cm³/mol. The third-order valence-electron chi connectivity index (χ3n) is 8.15. The van der Waals surface area contributed by atoms with Gasteiger partial charge in [0.05, 0.1) is 38.1 Å². The van der Waals surface area contributed by atoms with Crippen LogP contribution in [0.1, 0.15) is 34.3 Å². The molecular weight excluding hydrogens is 492 g/mol. The van der Waals surface area contributed by atoms with E-state index in [1.165, 1.54) is 0 Å². The number of carbonyl (C=O) groups excluding carboxylic acids is 2. The summed E-state index contributed by atoms with van der Waals surface area (Å²) in [6.07, 6.45) is 1.29. The minimum atomic E-state index is -1.44. The number of carboxylic acids is 2. The van der Waals surface area contributed by atoms with Gasteiger partial charge in [-0.3, -0.25) is 19.2 Å². The number of hydrogen-bond donors (Lipinski definition) is 4. The zero-order chi connectivity index (χ0) is 27.1. The van der Waals surface area contributed by atoms with Crippen LogP contribution in [0.4, 0.5) is 0 Å². The second-order valence-electron chi connectivity index (χ2n) is 9.99. The van der Waals surface area contributed by atoms with E-state index < -0.39 is 59.3 Å². The molecule has 10 heteroatoms. The lowest BCUT2D eigenvalue weighted by Crippen LogP contribution is -2.63. The molecule has 5 rings (SSSR count). The number of ether oxygens (including phenoxy) is 2. The molecule has 3 aliphatic rings. The highest BCUT2D eigenvalue weighted by Crippen LogP contribution is 2.51. The van der Waals surface area contributed by atoms with E-state index in [2.05, 4.69) is 10.6 Å². The van der Waals surface area contributed by atoms with Gasteiger partial charge in [0.25, 0.3) is 0 Å². The molecule has 4 N–H and O–H groups in total. The van der Waals surface area contributed by atoms with Gasteiger partial charge in [-0.1, -0.05) is 12.1 Å². The van der Waals surface area contributed by atoms with Crippen molar-refractivity contribution in [3.05, 3.63) is 58.7 Å². The van der Waals surface area contributed by atoms with Crippen molar-refractivity contribution >= 4 is 23.5 Å². The van der Waals surface area contributed by atoms with Gasteiger partial charge in [0.15, 0.2) is 11.6 Å². The Labute approximate surface area is 219 Å². The van der Waals surface area contributed by atoms with E-state index in [0.717, 1.165) is 11.1 Å². The van der Waals surface area contributed by atoms with Crippen molar-refractivity contribution in [2.24, 2.45) is 23.7 Å². The fourth-order valence-corrected chi connectivity index (χ4v) is 6.30. The van der Waals surface area contributed by atoms with E-state index in [9.17, 15) is 29.4 Å². The first-order valence-electron chi connectivity index (χ1n) is 12.6. The van der Waals surface area contributed by atoms with Crippen molar-refractivity contribution in [2.45, 2.75) is 24.9 Å². The number of carboxylic acid groups (broad SMARTS) is 2. The highest BCUT2D eigenvalue weighted by Gasteiger charge is 2.64. The van der Waals surface area contributed by atoms with Crippen LogP contribution in [0.5, 0.6) is 11.5 Å². The lowest BCUT2D eigenvalue weighted by molar-refractivity contribution is -0.181. The first kappa shape index (κ1) is 25.9. The normalized spacial score (nSPS) is 27.7. The minimum Gasteiger partial charge on any atom is -0.497 e. The Bertz CT molecular complexity index is 1200. The SMILES string of the molecule is COc1ccc2c(c1)CCNC2C(=O)[C@H]1[C@H](C(=O)O)[C@H](C(=O)C2NCCc3cc(OC)ccc32)[C@H]1C(=O)O. The molecule has 0 radical (unpaired) electrons. The van der Waals surface area contributed by atoms with Crippen molar-refractivity contribution < 1.29 is 38.9 Å². The molecule has 10 nitrogen and oxygen atoms in total. The van der Waals surface area contributed by atoms with Gasteiger partial charge < -0.3 is 30.3 Å². The van der Waals surface area contributed by atoms with Crippen LogP contribution in [0, 0.1) is 23.7 Å². The Morgan fingerprint density at radius 3 is 1.42 bits per heavy atom. The van der Waals surface area contributed by atoms with Crippen molar-refractivity contribution in [1.82, 2.24) is 10.6 Å².